The lowest BCUT2D eigenvalue weighted by Gasteiger charge is -2.03. The van der Waals surface area contributed by atoms with E-state index in [2.05, 4.69) is 6.92 Å². The van der Waals surface area contributed by atoms with Crippen molar-refractivity contribution in [3.63, 3.8) is 0 Å². The number of rotatable bonds is 2. The smallest absolute Gasteiger partial charge is 0.258 e. The standard InChI is InChI=1S/C13H10NO2/c1-10-7-8-12(13(9-10)14(15)16)11-5-3-2-4-6-11/h2-9H,1H2. The second kappa shape index (κ2) is 4.14. The van der Waals surface area contributed by atoms with E-state index in [1.807, 2.05) is 30.3 Å². The molecular weight excluding hydrogens is 202 g/mol. The Labute approximate surface area is 93.5 Å². The fraction of sp³-hybridized carbons (Fsp3) is 0. The average molecular weight is 212 g/mol. The molecule has 16 heavy (non-hydrogen) atoms. The van der Waals surface area contributed by atoms with E-state index >= 15 is 0 Å². The topological polar surface area (TPSA) is 43.1 Å². The predicted molar refractivity (Wildman–Crippen MR) is 63.0 cm³/mol. The van der Waals surface area contributed by atoms with Crippen LogP contribution in [-0.2, 0) is 0 Å². The SMILES string of the molecule is [CH2]c1ccc(-c2ccccc2)c([N+](=O)[O-])c1. The lowest BCUT2D eigenvalue weighted by molar-refractivity contribution is -0.384. The summed E-state index contributed by atoms with van der Waals surface area (Å²) in [5.41, 5.74) is 2.21. The fourth-order valence-electron chi connectivity index (χ4n) is 1.59. The summed E-state index contributed by atoms with van der Waals surface area (Å²) < 4.78 is 0. The van der Waals surface area contributed by atoms with Crippen LogP contribution in [0, 0.1) is 17.0 Å². The zero-order valence-electron chi connectivity index (χ0n) is 8.59. The second-order valence-corrected chi connectivity index (χ2v) is 3.47. The number of benzene rings is 2. The van der Waals surface area contributed by atoms with Crippen LogP contribution in [0.4, 0.5) is 5.69 Å². The molecule has 0 heterocycles. The molecule has 0 saturated carbocycles. The molecule has 0 aromatic heterocycles. The van der Waals surface area contributed by atoms with Gasteiger partial charge in [0.2, 0.25) is 0 Å². The highest BCUT2D eigenvalue weighted by atomic mass is 16.6. The van der Waals surface area contributed by atoms with Crippen LogP contribution < -0.4 is 0 Å². The number of hydrogen-bond donors (Lipinski definition) is 0. The molecule has 2 aromatic rings. The maximum Gasteiger partial charge on any atom is 0.277 e. The van der Waals surface area contributed by atoms with E-state index in [4.69, 9.17) is 0 Å². The van der Waals surface area contributed by atoms with Gasteiger partial charge in [0, 0.05) is 6.07 Å². The first-order chi connectivity index (χ1) is 7.68. The second-order valence-electron chi connectivity index (χ2n) is 3.47. The molecule has 3 nitrogen and oxygen atoms in total. The lowest BCUT2D eigenvalue weighted by atomic mass is 10.0. The summed E-state index contributed by atoms with van der Waals surface area (Å²) in [5, 5.41) is 10.9. The van der Waals surface area contributed by atoms with Crippen LogP contribution in [0.2, 0.25) is 0 Å². The van der Waals surface area contributed by atoms with Gasteiger partial charge in [-0.1, -0.05) is 36.4 Å². The third-order valence-corrected chi connectivity index (χ3v) is 2.34. The summed E-state index contributed by atoms with van der Waals surface area (Å²) in [6.07, 6.45) is 0. The minimum absolute atomic E-state index is 0.0960. The van der Waals surface area contributed by atoms with Crippen LogP contribution in [0.25, 0.3) is 11.1 Å². The van der Waals surface area contributed by atoms with Crippen LogP contribution in [0.1, 0.15) is 5.56 Å². The first-order valence-corrected chi connectivity index (χ1v) is 4.84. The van der Waals surface area contributed by atoms with Crippen molar-refractivity contribution in [3.05, 3.63) is 71.1 Å². The molecule has 2 rings (SSSR count). The molecule has 0 fully saturated rings. The van der Waals surface area contributed by atoms with Gasteiger partial charge in [-0.3, -0.25) is 10.1 Å². The van der Waals surface area contributed by atoms with Crippen LogP contribution in [0.5, 0.6) is 0 Å². The van der Waals surface area contributed by atoms with E-state index in [9.17, 15) is 10.1 Å². The summed E-state index contributed by atoms with van der Waals surface area (Å²) in [5.74, 6) is 0. The number of nitrogens with zero attached hydrogens (tertiary/aromatic N) is 1. The molecular formula is C13H10NO2. The molecule has 0 spiro atoms. The highest BCUT2D eigenvalue weighted by Gasteiger charge is 2.14. The quantitative estimate of drug-likeness (QED) is 0.565. The minimum atomic E-state index is -0.378. The highest BCUT2D eigenvalue weighted by Crippen LogP contribution is 2.30. The largest absolute Gasteiger partial charge is 0.277 e. The zero-order valence-corrected chi connectivity index (χ0v) is 8.59. The van der Waals surface area contributed by atoms with Gasteiger partial charge in [-0.2, -0.15) is 0 Å². The van der Waals surface area contributed by atoms with Crippen molar-refractivity contribution in [2.45, 2.75) is 0 Å². The van der Waals surface area contributed by atoms with Crippen LogP contribution in [-0.4, -0.2) is 4.92 Å². The molecule has 0 N–H and O–H groups in total. The Kier molecular flexibility index (Phi) is 2.68. The molecule has 0 aliphatic rings. The lowest BCUT2D eigenvalue weighted by Crippen LogP contribution is -1.92. The molecule has 0 unspecified atom stereocenters. The van der Waals surface area contributed by atoms with Gasteiger partial charge in [0.25, 0.3) is 5.69 Å². The first kappa shape index (κ1) is 10.4. The van der Waals surface area contributed by atoms with Crippen molar-refractivity contribution in [3.8, 4) is 11.1 Å². The molecule has 0 saturated heterocycles. The van der Waals surface area contributed by atoms with Crippen molar-refractivity contribution < 1.29 is 4.92 Å². The molecule has 0 bridgehead atoms. The Balaban J connectivity index is 2.61. The Morgan fingerprint density at radius 3 is 2.38 bits per heavy atom. The predicted octanol–water partition coefficient (Wildman–Crippen LogP) is 3.44. The van der Waals surface area contributed by atoms with E-state index < -0.39 is 0 Å². The summed E-state index contributed by atoms with van der Waals surface area (Å²) in [6, 6.07) is 14.3. The van der Waals surface area contributed by atoms with Gasteiger partial charge in [0.05, 0.1) is 10.5 Å². The average Bonchev–Trinajstić information content (AvgIpc) is 2.30. The van der Waals surface area contributed by atoms with Crippen molar-refractivity contribution >= 4 is 5.69 Å². The molecule has 0 aliphatic heterocycles. The molecule has 79 valence electrons. The Bertz CT molecular complexity index is 521. The fourth-order valence-corrected chi connectivity index (χ4v) is 1.59. The summed E-state index contributed by atoms with van der Waals surface area (Å²) >= 11 is 0. The van der Waals surface area contributed by atoms with E-state index in [-0.39, 0.29) is 10.6 Å². The van der Waals surface area contributed by atoms with Gasteiger partial charge in [-0.15, -0.1) is 0 Å². The molecule has 2 aromatic carbocycles. The molecule has 0 aliphatic carbocycles. The van der Waals surface area contributed by atoms with E-state index in [0.717, 1.165) is 5.56 Å². The molecule has 0 amide bonds. The van der Waals surface area contributed by atoms with Gasteiger partial charge in [0.15, 0.2) is 0 Å². The van der Waals surface area contributed by atoms with Crippen molar-refractivity contribution in [2.24, 2.45) is 0 Å². The highest BCUT2D eigenvalue weighted by molar-refractivity contribution is 5.74. The zero-order chi connectivity index (χ0) is 11.5. The number of nitro groups is 1. The Morgan fingerprint density at radius 1 is 1.06 bits per heavy atom. The number of nitro benzene ring substituents is 1. The maximum absolute atomic E-state index is 10.9. The monoisotopic (exact) mass is 212 g/mol. The summed E-state index contributed by atoms with van der Waals surface area (Å²) in [4.78, 5) is 10.5. The van der Waals surface area contributed by atoms with Crippen LogP contribution >= 0.6 is 0 Å². The van der Waals surface area contributed by atoms with Gasteiger partial charge in [-0.25, -0.2) is 0 Å². The Hall–Kier alpha value is -2.16. The van der Waals surface area contributed by atoms with E-state index in [1.165, 1.54) is 6.07 Å². The minimum Gasteiger partial charge on any atom is -0.258 e. The van der Waals surface area contributed by atoms with Crippen LogP contribution in [0.15, 0.2) is 48.5 Å². The van der Waals surface area contributed by atoms with Gasteiger partial charge < -0.3 is 0 Å². The first-order valence-electron chi connectivity index (χ1n) is 4.84. The van der Waals surface area contributed by atoms with E-state index in [0.29, 0.717) is 11.1 Å². The Morgan fingerprint density at radius 2 is 1.75 bits per heavy atom. The maximum atomic E-state index is 10.9. The van der Waals surface area contributed by atoms with Gasteiger partial charge in [-0.05, 0) is 24.1 Å². The molecule has 3 heteroatoms. The van der Waals surface area contributed by atoms with Crippen molar-refractivity contribution in [2.75, 3.05) is 0 Å². The normalized spacial score (nSPS) is 10.1. The molecule has 0 atom stereocenters. The van der Waals surface area contributed by atoms with Crippen molar-refractivity contribution in [1.82, 2.24) is 0 Å². The van der Waals surface area contributed by atoms with Crippen LogP contribution in [0.3, 0.4) is 0 Å². The van der Waals surface area contributed by atoms with Gasteiger partial charge >= 0.3 is 0 Å². The third-order valence-electron chi connectivity index (χ3n) is 2.34. The molecule has 1 radical (unpaired) electrons. The van der Waals surface area contributed by atoms with E-state index in [1.54, 1.807) is 12.1 Å². The third kappa shape index (κ3) is 1.93. The summed E-state index contributed by atoms with van der Waals surface area (Å²) in [7, 11) is 0. The van der Waals surface area contributed by atoms with Crippen molar-refractivity contribution in [1.29, 1.82) is 0 Å². The summed E-state index contributed by atoms with van der Waals surface area (Å²) in [6.45, 7) is 3.69. The number of hydrogen-bond acceptors (Lipinski definition) is 2. The van der Waals surface area contributed by atoms with Gasteiger partial charge in [0.1, 0.15) is 0 Å².